The summed E-state index contributed by atoms with van der Waals surface area (Å²) in [6.07, 6.45) is 4.25. The van der Waals surface area contributed by atoms with Gasteiger partial charge in [0, 0.05) is 18.5 Å². The van der Waals surface area contributed by atoms with Crippen molar-refractivity contribution in [3.05, 3.63) is 64.4 Å². The number of phenolic OH excluding ortho intramolecular Hbond substituents is 1. The van der Waals surface area contributed by atoms with Crippen LogP contribution in [0.1, 0.15) is 38.2 Å². The van der Waals surface area contributed by atoms with E-state index in [1.54, 1.807) is 25.2 Å². The second-order valence-electron chi connectivity index (χ2n) is 6.91. The molecule has 0 saturated carbocycles. The number of rotatable bonds is 9. The van der Waals surface area contributed by atoms with Crippen LogP contribution < -0.4 is 15.0 Å². The highest BCUT2D eigenvalue weighted by Crippen LogP contribution is 2.34. The molecule has 0 amide bonds. The molecule has 28 heavy (non-hydrogen) atoms. The van der Waals surface area contributed by atoms with Crippen molar-refractivity contribution in [2.75, 3.05) is 6.61 Å². The van der Waals surface area contributed by atoms with Crippen molar-refractivity contribution in [3.63, 3.8) is 0 Å². The molecule has 2 aromatic carbocycles. The predicted octanol–water partition coefficient (Wildman–Crippen LogP) is 4.78. The zero-order chi connectivity index (χ0) is 19.9. The van der Waals surface area contributed by atoms with E-state index in [1.165, 1.54) is 4.57 Å². The number of aryl methyl sites for hydroxylation is 1. The van der Waals surface area contributed by atoms with E-state index in [2.05, 4.69) is 6.92 Å². The van der Waals surface area contributed by atoms with Gasteiger partial charge in [-0.25, -0.2) is 0 Å². The number of pyridine rings is 1. The second-order valence-corrected chi connectivity index (χ2v) is 6.91. The Balaban J connectivity index is 1.96. The molecule has 3 aromatic rings. The smallest absolute Gasteiger partial charge is 0.297 e. The van der Waals surface area contributed by atoms with Gasteiger partial charge in [0.05, 0.1) is 12.1 Å². The van der Waals surface area contributed by atoms with Crippen LogP contribution in [-0.4, -0.2) is 16.3 Å². The molecule has 0 aliphatic carbocycles. The van der Waals surface area contributed by atoms with Gasteiger partial charge in [-0.3, -0.25) is 4.79 Å². The third-order valence-electron chi connectivity index (χ3n) is 4.76. The third kappa shape index (κ3) is 4.47. The molecular weight excluding hydrogens is 354 g/mol. The highest BCUT2D eigenvalue weighted by atomic mass is 16.5. The molecule has 0 bridgehead atoms. The fourth-order valence-electron chi connectivity index (χ4n) is 3.17. The van der Waals surface area contributed by atoms with Gasteiger partial charge >= 0.3 is 0 Å². The summed E-state index contributed by atoms with van der Waals surface area (Å²) < 4.78 is 13.5. The molecular formula is C23H27NO4. The lowest BCUT2D eigenvalue weighted by molar-refractivity contribution is 0.256. The van der Waals surface area contributed by atoms with Gasteiger partial charge in [-0.15, -0.1) is 0 Å². The van der Waals surface area contributed by atoms with Gasteiger partial charge in [0.25, 0.3) is 5.56 Å². The van der Waals surface area contributed by atoms with Crippen LogP contribution in [0.5, 0.6) is 17.2 Å². The largest absolute Gasteiger partial charge is 0.508 e. The SMILES string of the molecule is CCCCCCOc1c(OCc2ccccc2)c2ccc(O)cc2n(C)c1=O. The fourth-order valence-corrected chi connectivity index (χ4v) is 3.17. The number of fused-ring (bicyclic) bond motifs is 1. The molecule has 0 atom stereocenters. The maximum atomic E-state index is 12.9. The number of hydrogen-bond donors (Lipinski definition) is 1. The first kappa shape index (κ1) is 19.8. The zero-order valence-electron chi connectivity index (χ0n) is 16.5. The van der Waals surface area contributed by atoms with Gasteiger partial charge in [0.2, 0.25) is 5.75 Å². The molecule has 0 radical (unpaired) electrons. The Morgan fingerprint density at radius 2 is 1.75 bits per heavy atom. The topological polar surface area (TPSA) is 60.7 Å². The first-order valence-electron chi connectivity index (χ1n) is 9.77. The van der Waals surface area contributed by atoms with Crippen molar-refractivity contribution in [2.45, 2.75) is 39.2 Å². The fraction of sp³-hybridized carbons (Fsp3) is 0.348. The van der Waals surface area contributed by atoms with Gasteiger partial charge in [-0.05, 0) is 24.1 Å². The van der Waals surface area contributed by atoms with Crippen molar-refractivity contribution in [3.8, 4) is 17.2 Å². The lowest BCUT2D eigenvalue weighted by Gasteiger charge is -2.17. The lowest BCUT2D eigenvalue weighted by Crippen LogP contribution is -2.21. The summed E-state index contributed by atoms with van der Waals surface area (Å²) in [5.74, 6) is 0.760. The zero-order valence-corrected chi connectivity index (χ0v) is 16.5. The van der Waals surface area contributed by atoms with Gasteiger partial charge in [0.15, 0.2) is 5.75 Å². The number of hydrogen-bond acceptors (Lipinski definition) is 4. The maximum Gasteiger partial charge on any atom is 0.297 e. The summed E-state index contributed by atoms with van der Waals surface area (Å²) in [6, 6.07) is 14.7. The monoisotopic (exact) mass is 381 g/mol. The average molecular weight is 381 g/mol. The molecule has 0 unspecified atom stereocenters. The molecule has 0 spiro atoms. The maximum absolute atomic E-state index is 12.9. The number of benzene rings is 2. The van der Waals surface area contributed by atoms with Gasteiger partial charge in [-0.1, -0.05) is 56.5 Å². The number of nitrogens with zero attached hydrogens (tertiary/aromatic N) is 1. The minimum Gasteiger partial charge on any atom is -0.508 e. The summed E-state index contributed by atoms with van der Waals surface area (Å²) >= 11 is 0. The van der Waals surface area contributed by atoms with E-state index in [-0.39, 0.29) is 17.1 Å². The number of aromatic hydroxyl groups is 1. The molecule has 0 fully saturated rings. The van der Waals surface area contributed by atoms with E-state index >= 15 is 0 Å². The van der Waals surface area contributed by atoms with Crippen LogP contribution in [0.2, 0.25) is 0 Å². The van der Waals surface area contributed by atoms with Crippen LogP contribution in [0.4, 0.5) is 0 Å². The van der Waals surface area contributed by atoms with E-state index in [9.17, 15) is 9.90 Å². The Kier molecular flexibility index (Phi) is 6.58. The first-order chi connectivity index (χ1) is 13.6. The minimum absolute atomic E-state index is 0.102. The molecule has 0 aliphatic rings. The Hall–Kier alpha value is -2.95. The van der Waals surface area contributed by atoms with E-state index in [0.717, 1.165) is 36.6 Å². The van der Waals surface area contributed by atoms with Crippen molar-refractivity contribution in [1.82, 2.24) is 4.57 Å². The summed E-state index contributed by atoms with van der Waals surface area (Å²) in [7, 11) is 1.68. The molecule has 1 aromatic heterocycles. The summed E-state index contributed by atoms with van der Waals surface area (Å²) in [4.78, 5) is 12.9. The van der Waals surface area contributed by atoms with Crippen LogP contribution >= 0.6 is 0 Å². The van der Waals surface area contributed by atoms with E-state index in [4.69, 9.17) is 9.47 Å². The van der Waals surface area contributed by atoms with Gasteiger partial charge in [0.1, 0.15) is 12.4 Å². The van der Waals surface area contributed by atoms with E-state index in [0.29, 0.717) is 24.5 Å². The molecule has 148 valence electrons. The highest BCUT2D eigenvalue weighted by molar-refractivity contribution is 5.88. The van der Waals surface area contributed by atoms with Crippen molar-refractivity contribution in [2.24, 2.45) is 7.05 Å². The third-order valence-corrected chi connectivity index (χ3v) is 4.76. The van der Waals surface area contributed by atoms with Crippen LogP contribution in [0.3, 0.4) is 0 Å². The Labute approximate surface area is 165 Å². The van der Waals surface area contributed by atoms with Crippen molar-refractivity contribution < 1.29 is 14.6 Å². The first-order valence-corrected chi connectivity index (χ1v) is 9.77. The predicted molar refractivity (Wildman–Crippen MR) is 111 cm³/mol. The van der Waals surface area contributed by atoms with Gasteiger partial charge in [-0.2, -0.15) is 0 Å². The normalized spacial score (nSPS) is 10.9. The second kappa shape index (κ2) is 9.31. The number of phenols is 1. The molecule has 1 heterocycles. The van der Waals surface area contributed by atoms with E-state index < -0.39 is 0 Å². The molecule has 5 nitrogen and oxygen atoms in total. The van der Waals surface area contributed by atoms with Crippen LogP contribution in [0.25, 0.3) is 10.9 Å². The molecule has 0 saturated heterocycles. The van der Waals surface area contributed by atoms with Crippen LogP contribution in [0.15, 0.2) is 53.3 Å². The standard InChI is InChI=1S/C23H27NO4/c1-3-4-5-9-14-27-22-21(28-16-17-10-7-6-8-11-17)19-13-12-18(25)15-20(19)24(2)23(22)26/h6-8,10-13,15,25H,3-5,9,14,16H2,1-2H3. The Morgan fingerprint density at radius 1 is 0.964 bits per heavy atom. The summed E-state index contributed by atoms with van der Waals surface area (Å²) in [5, 5.41) is 10.6. The molecule has 0 aliphatic heterocycles. The molecule has 1 N–H and O–H groups in total. The highest BCUT2D eigenvalue weighted by Gasteiger charge is 2.19. The van der Waals surface area contributed by atoms with Crippen LogP contribution in [0, 0.1) is 0 Å². The summed E-state index contributed by atoms with van der Waals surface area (Å²) in [6.45, 7) is 2.96. The average Bonchev–Trinajstić information content (AvgIpc) is 2.71. The van der Waals surface area contributed by atoms with Crippen molar-refractivity contribution in [1.29, 1.82) is 0 Å². The van der Waals surface area contributed by atoms with Crippen molar-refractivity contribution >= 4 is 10.9 Å². The van der Waals surface area contributed by atoms with Crippen LogP contribution in [-0.2, 0) is 13.7 Å². The Bertz CT molecular complexity index is 979. The van der Waals surface area contributed by atoms with E-state index in [1.807, 2.05) is 30.3 Å². The molecule has 5 heteroatoms. The van der Waals surface area contributed by atoms with Gasteiger partial charge < -0.3 is 19.1 Å². The summed E-state index contributed by atoms with van der Waals surface area (Å²) in [5.41, 5.74) is 1.34. The molecule has 3 rings (SSSR count). The lowest BCUT2D eigenvalue weighted by atomic mass is 10.1. The minimum atomic E-state index is -0.267. The number of unbranched alkanes of at least 4 members (excludes halogenated alkanes) is 3. The number of ether oxygens (including phenoxy) is 2. The Morgan fingerprint density at radius 3 is 2.50 bits per heavy atom. The number of aromatic nitrogens is 1. The quantitative estimate of drug-likeness (QED) is 0.542.